The van der Waals surface area contributed by atoms with Crippen LogP contribution in [0.5, 0.6) is 0 Å². The third-order valence-electron chi connectivity index (χ3n) is 5.59. The lowest BCUT2D eigenvalue weighted by molar-refractivity contribution is 0.607. The van der Waals surface area contributed by atoms with E-state index in [1.54, 1.807) is 0 Å². The van der Waals surface area contributed by atoms with E-state index >= 15 is 0 Å². The molecule has 4 heteroatoms. The van der Waals surface area contributed by atoms with Gasteiger partial charge < -0.3 is 9.47 Å². The summed E-state index contributed by atoms with van der Waals surface area (Å²) in [6.45, 7) is 14.2. The lowest BCUT2D eigenvalue weighted by Crippen LogP contribution is -2.38. The highest BCUT2D eigenvalue weighted by molar-refractivity contribution is 5.86. The van der Waals surface area contributed by atoms with Gasteiger partial charge in [0, 0.05) is 37.1 Å². The van der Waals surface area contributed by atoms with Crippen LogP contribution in [0, 0.1) is 13.8 Å². The highest BCUT2D eigenvalue weighted by Gasteiger charge is 2.23. The van der Waals surface area contributed by atoms with Gasteiger partial charge in [-0.15, -0.1) is 0 Å². The van der Waals surface area contributed by atoms with Crippen molar-refractivity contribution in [1.29, 1.82) is 0 Å². The first kappa shape index (κ1) is 18.0. The van der Waals surface area contributed by atoms with E-state index < -0.39 is 0 Å². The largest absolute Gasteiger partial charge is 0.356 e. The van der Waals surface area contributed by atoms with Gasteiger partial charge in [0.2, 0.25) is 0 Å². The molecule has 4 nitrogen and oxygen atoms in total. The summed E-state index contributed by atoms with van der Waals surface area (Å²) in [7, 11) is 0. The van der Waals surface area contributed by atoms with E-state index in [0.29, 0.717) is 5.92 Å². The van der Waals surface area contributed by atoms with E-state index in [0.717, 1.165) is 48.8 Å². The number of hydrogen-bond acceptors (Lipinski definition) is 3. The van der Waals surface area contributed by atoms with Crippen LogP contribution in [0.2, 0.25) is 0 Å². The number of nitrogens with zero attached hydrogens (tertiary/aromatic N) is 4. The molecule has 0 radical (unpaired) electrons. The number of anilines is 1. The van der Waals surface area contributed by atoms with E-state index in [1.807, 2.05) is 0 Å². The molecule has 1 aliphatic rings. The van der Waals surface area contributed by atoms with Crippen LogP contribution in [0.15, 0.2) is 24.4 Å². The van der Waals surface area contributed by atoms with Crippen molar-refractivity contribution in [1.82, 2.24) is 14.5 Å². The maximum absolute atomic E-state index is 5.14. The Labute approximate surface area is 162 Å². The fourth-order valence-corrected chi connectivity index (χ4v) is 3.91. The Morgan fingerprint density at radius 3 is 2.48 bits per heavy atom. The standard InChI is InChI=1S/C23H30N4/c1-6-10-27-14-17(5)22-20(27)13-16(4)21(25-22)18-8-9-19(15(2)3)24-23(18)26-11-7-12-26/h8-9,13-15H,6-7,10-12H2,1-5H3. The Morgan fingerprint density at radius 2 is 1.85 bits per heavy atom. The smallest absolute Gasteiger partial charge is 0.138 e. The minimum absolute atomic E-state index is 0.431. The molecule has 1 saturated heterocycles. The molecule has 27 heavy (non-hydrogen) atoms. The number of fused-ring (bicyclic) bond motifs is 1. The summed E-state index contributed by atoms with van der Waals surface area (Å²) < 4.78 is 2.34. The Bertz CT molecular complexity index is 980. The summed E-state index contributed by atoms with van der Waals surface area (Å²) in [5, 5.41) is 0. The first-order valence-corrected chi connectivity index (χ1v) is 10.2. The molecule has 0 aromatic carbocycles. The van der Waals surface area contributed by atoms with Crippen molar-refractivity contribution in [3.8, 4) is 11.3 Å². The van der Waals surface area contributed by atoms with Crippen LogP contribution in [-0.2, 0) is 6.54 Å². The van der Waals surface area contributed by atoms with Crippen molar-refractivity contribution >= 4 is 16.9 Å². The van der Waals surface area contributed by atoms with Crippen LogP contribution in [0.4, 0.5) is 5.82 Å². The maximum atomic E-state index is 5.14. The van der Waals surface area contributed by atoms with E-state index in [-0.39, 0.29) is 0 Å². The summed E-state index contributed by atoms with van der Waals surface area (Å²) in [6, 6.07) is 6.70. The fourth-order valence-electron chi connectivity index (χ4n) is 3.91. The lowest BCUT2D eigenvalue weighted by Gasteiger charge is -2.34. The second-order valence-electron chi connectivity index (χ2n) is 8.13. The maximum Gasteiger partial charge on any atom is 0.138 e. The molecular weight excluding hydrogens is 332 g/mol. The van der Waals surface area contributed by atoms with Gasteiger partial charge in [-0.3, -0.25) is 0 Å². The molecule has 0 amide bonds. The predicted octanol–water partition coefficient (Wildman–Crippen LogP) is 5.46. The number of rotatable bonds is 5. The lowest BCUT2D eigenvalue weighted by atomic mass is 10.0. The molecule has 3 aromatic heterocycles. The molecule has 4 heterocycles. The minimum atomic E-state index is 0.431. The average Bonchev–Trinajstić information content (AvgIpc) is 2.88. The molecule has 142 valence electrons. The van der Waals surface area contributed by atoms with Crippen LogP contribution in [0.1, 0.15) is 56.4 Å². The second kappa shape index (κ2) is 6.99. The molecule has 1 fully saturated rings. The van der Waals surface area contributed by atoms with E-state index in [2.05, 4.69) is 68.5 Å². The van der Waals surface area contributed by atoms with Gasteiger partial charge in [0.1, 0.15) is 5.82 Å². The summed E-state index contributed by atoms with van der Waals surface area (Å²) in [5.74, 6) is 1.54. The molecule has 0 aliphatic carbocycles. The number of hydrogen-bond donors (Lipinski definition) is 0. The van der Waals surface area contributed by atoms with Gasteiger partial charge in [-0.05, 0) is 61.9 Å². The van der Waals surface area contributed by atoms with Gasteiger partial charge in [0.25, 0.3) is 0 Å². The molecule has 1 aliphatic heterocycles. The normalized spacial score (nSPS) is 14.2. The van der Waals surface area contributed by atoms with Crippen LogP contribution < -0.4 is 4.90 Å². The van der Waals surface area contributed by atoms with Crippen molar-refractivity contribution in [2.75, 3.05) is 18.0 Å². The van der Waals surface area contributed by atoms with Gasteiger partial charge in [0.15, 0.2) is 0 Å². The number of aryl methyl sites for hydroxylation is 3. The molecule has 0 unspecified atom stereocenters. The first-order chi connectivity index (χ1) is 13.0. The zero-order valence-corrected chi connectivity index (χ0v) is 17.2. The minimum Gasteiger partial charge on any atom is -0.356 e. The quantitative estimate of drug-likeness (QED) is 0.604. The Morgan fingerprint density at radius 1 is 1.07 bits per heavy atom. The average molecular weight is 363 g/mol. The molecule has 4 rings (SSSR count). The van der Waals surface area contributed by atoms with Crippen molar-refractivity contribution in [3.63, 3.8) is 0 Å². The van der Waals surface area contributed by atoms with Crippen LogP contribution >= 0.6 is 0 Å². The van der Waals surface area contributed by atoms with E-state index in [4.69, 9.17) is 9.97 Å². The van der Waals surface area contributed by atoms with Gasteiger partial charge in [-0.25, -0.2) is 9.97 Å². The van der Waals surface area contributed by atoms with E-state index in [1.165, 1.54) is 28.6 Å². The fraction of sp³-hybridized carbons (Fsp3) is 0.478. The molecule has 0 saturated carbocycles. The Kier molecular flexibility index (Phi) is 4.67. The molecule has 3 aromatic rings. The summed E-state index contributed by atoms with van der Waals surface area (Å²) in [5.41, 5.74) is 8.23. The number of aromatic nitrogens is 3. The van der Waals surface area contributed by atoms with Gasteiger partial charge in [-0.1, -0.05) is 20.8 Å². The third kappa shape index (κ3) is 3.11. The summed E-state index contributed by atoms with van der Waals surface area (Å²) in [4.78, 5) is 12.6. The van der Waals surface area contributed by atoms with Crippen LogP contribution in [-0.4, -0.2) is 27.6 Å². The summed E-state index contributed by atoms with van der Waals surface area (Å²) >= 11 is 0. The van der Waals surface area contributed by atoms with Crippen molar-refractivity contribution < 1.29 is 0 Å². The second-order valence-corrected chi connectivity index (χ2v) is 8.13. The highest BCUT2D eigenvalue weighted by Crippen LogP contribution is 2.35. The first-order valence-electron chi connectivity index (χ1n) is 10.2. The van der Waals surface area contributed by atoms with Gasteiger partial charge in [0.05, 0.1) is 16.7 Å². The predicted molar refractivity (Wildman–Crippen MR) is 114 cm³/mol. The van der Waals surface area contributed by atoms with Gasteiger partial charge >= 0.3 is 0 Å². The topological polar surface area (TPSA) is 34.0 Å². The number of pyridine rings is 2. The monoisotopic (exact) mass is 362 g/mol. The molecule has 0 bridgehead atoms. The molecule has 0 spiro atoms. The molecule has 0 N–H and O–H groups in total. The van der Waals surface area contributed by atoms with Crippen molar-refractivity contribution in [2.24, 2.45) is 0 Å². The zero-order valence-electron chi connectivity index (χ0n) is 17.2. The van der Waals surface area contributed by atoms with Crippen LogP contribution in [0.25, 0.3) is 22.3 Å². The van der Waals surface area contributed by atoms with Crippen LogP contribution in [0.3, 0.4) is 0 Å². The third-order valence-corrected chi connectivity index (χ3v) is 5.59. The van der Waals surface area contributed by atoms with Crippen molar-refractivity contribution in [3.05, 3.63) is 41.2 Å². The zero-order chi connectivity index (χ0) is 19.1. The highest BCUT2D eigenvalue weighted by atomic mass is 15.2. The molecule has 0 atom stereocenters. The Balaban J connectivity index is 1.89. The summed E-state index contributed by atoms with van der Waals surface area (Å²) in [6.07, 6.45) is 4.61. The SMILES string of the molecule is CCCn1cc(C)c2nc(-c3ccc(C(C)C)nc3N3CCC3)c(C)cc21. The van der Waals surface area contributed by atoms with Crippen molar-refractivity contribution in [2.45, 2.75) is 59.9 Å². The van der Waals surface area contributed by atoms with Gasteiger partial charge in [-0.2, -0.15) is 0 Å². The molecular formula is C23H30N4. The Hall–Kier alpha value is -2.36. The van der Waals surface area contributed by atoms with E-state index in [9.17, 15) is 0 Å².